The van der Waals surface area contributed by atoms with E-state index in [2.05, 4.69) is 21.2 Å². The molecule has 0 saturated heterocycles. The van der Waals surface area contributed by atoms with E-state index >= 15 is 0 Å². The third kappa shape index (κ3) is 3.38. The van der Waals surface area contributed by atoms with Crippen molar-refractivity contribution in [3.05, 3.63) is 68.9 Å². The van der Waals surface area contributed by atoms with Crippen LogP contribution in [0.5, 0.6) is 0 Å². The van der Waals surface area contributed by atoms with Crippen LogP contribution in [0.15, 0.2) is 46.9 Å². The van der Waals surface area contributed by atoms with E-state index in [0.29, 0.717) is 0 Å². The lowest BCUT2D eigenvalue weighted by Gasteiger charge is -2.15. The number of benzene rings is 2. The van der Waals surface area contributed by atoms with Gasteiger partial charge in [-0.1, -0.05) is 45.7 Å². The Labute approximate surface area is 130 Å². The molecular formula is C15H12BrClFNO. The third-order valence-corrected chi connectivity index (χ3v) is 3.69. The minimum atomic E-state index is -0.628. The van der Waals surface area contributed by atoms with E-state index in [1.54, 1.807) is 0 Å². The van der Waals surface area contributed by atoms with E-state index in [9.17, 15) is 9.18 Å². The summed E-state index contributed by atoms with van der Waals surface area (Å²) in [6.07, 6.45) is 0. The van der Waals surface area contributed by atoms with Crippen molar-refractivity contribution in [2.24, 2.45) is 0 Å². The van der Waals surface area contributed by atoms with E-state index in [4.69, 9.17) is 11.6 Å². The van der Waals surface area contributed by atoms with Gasteiger partial charge in [0.2, 0.25) is 0 Å². The molecule has 2 nitrogen and oxygen atoms in total. The standard InChI is InChI=1S/C15H12BrClFNO/c1-9(10-4-2-5-11(16)8-10)19-15(20)14-12(17)6-3-7-13(14)18/h2-9H,1H3,(H,19,20). The highest BCUT2D eigenvalue weighted by molar-refractivity contribution is 9.10. The second kappa shape index (κ2) is 6.37. The molecular weight excluding hydrogens is 345 g/mol. The monoisotopic (exact) mass is 355 g/mol. The Morgan fingerprint density at radius 2 is 2.00 bits per heavy atom. The van der Waals surface area contributed by atoms with Gasteiger partial charge in [0, 0.05) is 4.47 Å². The topological polar surface area (TPSA) is 29.1 Å². The van der Waals surface area contributed by atoms with Crippen molar-refractivity contribution in [3.63, 3.8) is 0 Å². The molecule has 1 amide bonds. The van der Waals surface area contributed by atoms with Gasteiger partial charge in [-0.05, 0) is 36.8 Å². The second-order valence-corrected chi connectivity index (χ2v) is 5.67. The van der Waals surface area contributed by atoms with Gasteiger partial charge in [-0.2, -0.15) is 0 Å². The SMILES string of the molecule is CC(NC(=O)c1c(F)cccc1Cl)c1cccc(Br)c1. The molecule has 2 aromatic rings. The molecule has 0 heterocycles. The Balaban J connectivity index is 2.20. The van der Waals surface area contributed by atoms with Gasteiger partial charge in [-0.15, -0.1) is 0 Å². The van der Waals surface area contributed by atoms with Crippen molar-refractivity contribution < 1.29 is 9.18 Å². The molecule has 2 aromatic carbocycles. The van der Waals surface area contributed by atoms with E-state index in [1.165, 1.54) is 18.2 Å². The molecule has 104 valence electrons. The van der Waals surface area contributed by atoms with Gasteiger partial charge in [0.15, 0.2) is 0 Å². The molecule has 0 aliphatic carbocycles. The van der Waals surface area contributed by atoms with Crippen LogP contribution in [0, 0.1) is 5.82 Å². The number of carbonyl (C=O) groups is 1. The van der Waals surface area contributed by atoms with Crippen LogP contribution in [0.3, 0.4) is 0 Å². The maximum Gasteiger partial charge on any atom is 0.256 e. The lowest BCUT2D eigenvalue weighted by molar-refractivity contribution is 0.0936. The zero-order chi connectivity index (χ0) is 14.7. The zero-order valence-electron chi connectivity index (χ0n) is 10.7. The first kappa shape index (κ1) is 15.0. The molecule has 0 spiro atoms. The lowest BCUT2D eigenvalue weighted by Crippen LogP contribution is -2.27. The number of nitrogens with one attached hydrogen (secondary N) is 1. The number of rotatable bonds is 3. The summed E-state index contributed by atoms with van der Waals surface area (Å²) >= 11 is 9.24. The fraction of sp³-hybridized carbons (Fsp3) is 0.133. The summed E-state index contributed by atoms with van der Waals surface area (Å²) in [4.78, 5) is 12.1. The second-order valence-electron chi connectivity index (χ2n) is 4.35. The summed E-state index contributed by atoms with van der Waals surface area (Å²) in [5, 5.41) is 2.84. The molecule has 5 heteroatoms. The lowest BCUT2D eigenvalue weighted by atomic mass is 10.1. The minimum Gasteiger partial charge on any atom is -0.345 e. The highest BCUT2D eigenvalue weighted by atomic mass is 79.9. The van der Waals surface area contributed by atoms with Crippen LogP contribution in [-0.4, -0.2) is 5.91 Å². The zero-order valence-corrected chi connectivity index (χ0v) is 13.0. The smallest absolute Gasteiger partial charge is 0.256 e. The fourth-order valence-electron chi connectivity index (χ4n) is 1.84. The maximum absolute atomic E-state index is 13.7. The van der Waals surface area contributed by atoms with Crippen LogP contribution in [0.1, 0.15) is 28.9 Å². The summed E-state index contributed by atoms with van der Waals surface area (Å²) < 4.78 is 14.6. The average Bonchev–Trinajstić information content (AvgIpc) is 2.38. The first-order valence-electron chi connectivity index (χ1n) is 5.99. The summed E-state index contributed by atoms with van der Waals surface area (Å²) in [6, 6.07) is 11.5. The Kier molecular flexibility index (Phi) is 4.78. The van der Waals surface area contributed by atoms with Crippen LogP contribution in [-0.2, 0) is 0 Å². The molecule has 1 unspecified atom stereocenters. The Morgan fingerprint density at radius 3 is 2.65 bits per heavy atom. The molecule has 20 heavy (non-hydrogen) atoms. The molecule has 0 aromatic heterocycles. The number of amides is 1. The average molecular weight is 357 g/mol. The van der Waals surface area contributed by atoms with E-state index in [1.807, 2.05) is 31.2 Å². The van der Waals surface area contributed by atoms with Crippen molar-refractivity contribution in [1.29, 1.82) is 0 Å². The first-order valence-corrected chi connectivity index (χ1v) is 7.16. The molecule has 0 radical (unpaired) electrons. The predicted molar refractivity (Wildman–Crippen MR) is 81.4 cm³/mol. The third-order valence-electron chi connectivity index (χ3n) is 2.89. The highest BCUT2D eigenvalue weighted by Gasteiger charge is 2.18. The Morgan fingerprint density at radius 1 is 1.30 bits per heavy atom. The van der Waals surface area contributed by atoms with Crippen molar-refractivity contribution in [2.75, 3.05) is 0 Å². The normalized spacial score (nSPS) is 12.0. The Hall–Kier alpha value is -1.39. The van der Waals surface area contributed by atoms with Crippen molar-refractivity contribution >= 4 is 33.4 Å². The molecule has 1 N–H and O–H groups in total. The number of hydrogen-bond acceptors (Lipinski definition) is 1. The number of halogens is 3. The number of hydrogen-bond donors (Lipinski definition) is 1. The molecule has 1 atom stereocenters. The van der Waals surface area contributed by atoms with Gasteiger partial charge in [0.25, 0.3) is 5.91 Å². The number of carbonyl (C=O) groups excluding carboxylic acids is 1. The van der Waals surface area contributed by atoms with E-state index in [-0.39, 0.29) is 16.6 Å². The van der Waals surface area contributed by atoms with Gasteiger partial charge >= 0.3 is 0 Å². The van der Waals surface area contributed by atoms with Crippen LogP contribution in [0.4, 0.5) is 4.39 Å². The van der Waals surface area contributed by atoms with Crippen molar-refractivity contribution in [1.82, 2.24) is 5.32 Å². The van der Waals surface area contributed by atoms with Crippen LogP contribution < -0.4 is 5.32 Å². The van der Waals surface area contributed by atoms with Gasteiger partial charge in [0.05, 0.1) is 16.6 Å². The Bertz CT molecular complexity index is 627. The molecule has 0 saturated carbocycles. The quantitative estimate of drug-likeness (QED) is 0.846. The van der Waals surface area contributed by atoms with E-state index in [0.717, 1.165) is 10.0 Å². The van der Waals surface area contributed by atoms with Gasteiger partial charge in [-0.3, -0.25) is 4.79 Å². The molecule has 0 aliphatic rings. The summed E-state index contributed by atoms with van der Waals surface area (Å²) in [5.74, 6) is -1.16. The van der Waals surface area contributed by atoms with E-state index < -0.39 is 11.7 Å². The van der Waals surface area contributed by atoms with Crippen LogP contribution in [0.25, 0.3) is 0 Å². The van der Waals surface area contributed by atoms with Gasteiger partial charge in [0.1, 0.15) is 5.82 Å². The maximum atomic E-state index is 13.7. The van der Waals surface area contributed by atoms with Gasteiger partial charge < -0.3 is 5.32 Å². The molecule has 2 rings (SSSR count). The van der Waals surface area contributed by atoms with Gasteiger partial charge in [-0.25, -0.2) is 4.39 Å². The first-order chi connectivity index (χ1) is 9.49. The van der Waals surface area contributed by atoms with Crippen LogP contribution >= 0.6 is 27.5 Å². The molecule has 0 aliphatic heterocycles. The highest BCUT2D eigenvalue weighted by Crippen LogP contribution is 2.22. The summed E-state index contributed by atoms with van der Waals surface area (Å²) in [6.45, 7) is 1.83. The predicted octanol–water partition coefficient (Wildman–Crippen LogP) is 4.73. The largest absolute Gasteiger partial charge is 0.345 e. The molecule has 0 fully saturated rings. The summed E-state index contributed by atoms with van der Waals surface area (Å²) in [5.41, 5.74) is 0.788. The molecule has 0 bridgehead atoms. The minimum absolute atomic E-state index is 0.101. The van der Waals surface area contributed by atoms with Crippen LogP contribution in [0.2, 0.25) is 5.02 Å². The van der Waals surface area contributed by atoms with Crippen molar-refractivity contribution in [3.8, 4) is 0 Å². The van der Waals surface area contributed by atoms with Crippen molar-refractivity contribution in [2.45, 2.75) is 13.0 Å². The fourth-order valence-corrected chi connectivity index (χ4v) is 2.51. The summed E-state index contributed by atoms with van der Waals surface area (Å²) in [7, 11) is 0.